The van der Waals surface area contributed by atoms with Crippen molar-refractivity contribution in [1.82, 2.24) is 5.32 Å². The Morgan fingerprint density at radius 3 is 2.26 bits per heavy atom. The standard InChI is InChI=1S/C24H34N2O4S/c1-7-23(26(31(6,28)29)20-10-8-9-18(4)16-20)24(27)25-22(15-17(2)3)19-11-13-21(30-5)14-12-19/h8-14,16-17,22-23H,7,15H2,1-6H3,(H,25,27)/t22-,23-/m1/s1. The first-order valence-corrected chi connectivity index (χ1v) is 12.4. The molecule has 0 radical (unpaired) electrons. The van der Waals surface area contributed by atoms with Crippen LogP contribution in [-0.4, -0.2) is 33.7 Å². The van der Waals surface area contributed by atoms with Crippen LogP contribution in [0.5, 0.6) is 5.75 Å². The Bertz CT molecular complexity index is 971. The number of anilines is 1. The van der Waals surface area contributed by atoms with Crippen molar-refractivity contribution in [3.63, 3.8) is 0 Å². The highest BCUT2D eigenvalue weighted by Crippen LogP contribution is 2.27. The highest BCUT2D eigenvalue weighted by molar-refractivity contribution is 7.92. The predicted molar refractivity (Wildman–Crippen MR) is 126 cm³/mol. The molecule has 0 bridgehead atoms. The maximum atomic E-state index is 13.4. The second kappa shape index (κ2) is 10.7. The van der Waals surface area contributed by atoms with E-state index in [9.17, 15) is 13.2 Å². The molecular weight excluding hydrogens is 412 g/mol. The number of hydrogen-bond donors (Lipinski definition) is 1. The van der Waals surface area contributed by atoms with Crippen molar-refractivity contribution in [3.8, 4) is 5.75 Å². The fourth-order valence-corrected chi connectivity index (χ4v) is 4.88. The number of nitrogens with zero attached hydrogens (tertiary/aromatic N) is 1. The molecule has 0 aliphatic rings. The van der Waals surface area contributed by atoms with Gasteiger partial charge in [0.1, 0.15) is 11.8 Å². The summed E-state index contributed by atoms with van der Waals surface area (Å²) in [5.74, 6) is 0.777. The SMILES string of the molecule is CC[C@H](C(=O)N[C@H](CC(C)C)c1ccc(OC)cc1)N(c1cccc(C)c1)S(C)(=O)=O. The van der Waals surface area contributed by atoms with Crippen LogP contribution < -0.4 is 14.4 Å². The lowest BCUT2D eigenvalue weighted by Gasteiger charge is -2.32. The molecular formula is C24H34N2O4S. The fraction of sp³-hybridized carbons (Fsp3) is 0.458. The molecule has 170 valence electrons. The van der Waals surface area contributed by atoms with Crippen LogP contribution in [0.4, 0.5) is 5.69 Å². The van der Waals surface area contributed by atoms with Gasteiger partial charge in [0.15, 0.2) is 0 Å². The van der Waals surface area contributed by atoms with Crippen molar-refractivity contribution in [1.29, 1.82) is 0 Å². The molecule has 1 N–H and O–H groups in total. The molecule has 0 heterocycles. The van der Waals surface area contributed by atoms with E-state index in [0.29, 0.717) is 18.0 Å². The summed E-state index contributed by atoms with van der Waals surface area (Å²) in [4.78, 5) is 13.4. The van der Waals surface area contributed by atoms with Crippen LogP contribution in [0.2, 0.25) is 0 Å². The maximum absolute atomic E-state index is 13.4. The topological polar surface area (TPSA) is 75.7 Å². The zero-order valence-electron chi connectivity index (χ0n) is 19.3. The molecule has 2 aromatic carbocycles. The lowest BCUT2D eigenvalue weighted by atomic mass is 9.96. The van der Waals surface area contributed by atoms with Crippen LogP contribution in [0.3, 0.4) is 0 Å². The second-order valence-corrected chi connectivity index (χ2v) is 10.1. The minimum Gasteiger partial charge on any atom is -0.497 e. The average molecular weight is 447 g/mol. The molecule has 0 fully saturated rings. The summed E-state index contributed by atoms with van der Waals surface area (Å²) in [6, 6.07) is 13.7. The van der Waals surface area contributed by atoms with Crippen molar-refractivity contribution < 1.29 is 17.9 Å². The first kappa shape index (κ1) is 24.7. The Morgan fingerprint density at radius 2 is 1.77 bits per heavy atom. The Balaban J connectivity index is 2.37. The quantitative estimate of drug-likeness (QED) is 0.585. The number of methoxy groups -OCH3 is 1. The number of carbonyl (C=O) groups excluding carboxylic acids is 1. The number of ether oxygens (including phenoxy) is 1. The molecule has 31 heavy (non-hydrogen) atoms. The number of hydrogen-bond acceptors (Lipinski definition) is 4. The van der Waals surface area contributed by atoms with Crippen molar-refractivity contribution in [2.75, 3.05) is 17.7 Å². The van der Waals surface area contributed by atoms with Gasteiger partial charge < -0.3 is 10.1 Å². The number of carbonyl (C=O) groups is 1. The van der Waals surface area contributed by atoms with E-state index in [0.717, 1.165) is 29.6 Å². The van der Waals surface area contributed by atoms with E-state index in [1.54, 1.807) is 25.3 Å². The van der Waals surface area contributed by atoms with Gasteiger partial charge in [0, 0.05) is 0 Å². The summed E-state index contributed by atoms with van der Waals surface area (Å²) in [5.41, 5.74) is 2.38. The number of aryl methyl sites for hydroxylation is 1. The zero-order chi connectivity index (χ0) is 23.2. The van der Waals surface area contributed by atoms with Crippen LogP contribution in [0.1, 0.15) is 50.8 Å². The van der Waals surface area contributed by atoms with Gasteiger partial charge in [0.05, 0.1) is 25.1 Å². The lowest BCUT2D eigenvalue weighted by molar-refractivity contribution is -0.123. The third kappa shape index (κ3) is 6.72. The van der Waals surface area contributed by atoms with Crippen molar-refractivity contribution in [2.45, 2.75) is 52.6 Å². The van der Waals surface area contributed by atoms with Crippen LogP contribution in [0, 0.1) is 12.8 Å². The molecule has 0 aliphatic heterocycles. The fourth-order valence-electron chi connectivity index (χ4n) is 3.68. The summed E-state index contributed by atoms with van der Waals surface area (Å²) in [5, 5.41) is 3.10. The van der Waals surface area contributed by atoms with Gasteiger partial charge in [0.25, 0.3) is 0 Å². The molecule has 2 aromatic rings. The lowest BCUT2D eigenvalue weighted by Crippen LogP contribution is -2.50. The largest absolute Gasteiger partial charge is 0.497 e. The summed E-state index contributed by atoms with van der Waals surface area (Å²) in [6.45, 7) is 7.90. The molecule has 1 amide bonds. The number of nitrogens with one attached hydrogen (secondary N) is 1. The van der Waals surface area contributed by atoms with Crippen LogP contribution in [0.15, 0.2) is 48.5 Å². The molecule has 2 rings (SSSR count). The van der Waals surface area contributed by atoms with E-state index >= 15 is 0 Å². The number of sulfonamides is 1. The first-order valence-electron chi connectivity index (χ1n) is 10.6. The summed E-state index contributed by atoms with van der Waals surface area (Å²) < 4.78 is 31.8. The third-order valence-electron chi connectivity index (χ3n) is 5.13. The van der Waals surface area contributed by atoms with Crippen LogP contribution in [0.25, 0.3) is 0 Å². The normalized spacial score (nSPS) is 13.5. The summed E-state index contributed by atoms with van der Waals surface area (Å²) in [6.07, 6.45) is 2.22. The van der Waals surface area contributed by atoms with Gasteiger partial charge >= 0.3 is 0 Å². The first-order chi connectivity index (χ1) is 14.6. The Hall–Kier alpha value is -2.54. The number of rotatable bonds is 10. The zero-order valence-corrected chi connectivity index (χ0v) is 20.1. The average Bonchev–Trinajstić information content (AvgIpc) is 2.70. The van der Waals surface area contributed by atoms with Gasteiger partial charge in [-0.25, -0.2) is 8.42 Å². The number of benzene rings is 2. The highest BCUT2D eigenvalue weighted by Gasteiger charge is 2.32. The summed E-state index contributed by atoms with van der Waals surface area (Å²) >= 11 is 0. The molecule has 7 heteroatoms. The van der Waals surface area contributed by atoms with Gasteiger partial charge in [-0.3, -0.25) is 9.10 Å². The highest BCUT2D eigenvalue weighted by atomic mass is 32.2. The van der Waals surface area contributed by atoms with Gasteiger partial charge in [-0.2, -0.15) is 0 Å². The van der Waals surface area contributed by atoms with Crippen LogP contribution in [-0.2, 0) is 14.8 Å². The van der Waals surface area contributed by atoms with Gasteiger partial charge in [-0.15, -0.1) is 0 Å². The molecule has 0 saturated carbocycles. The molecule has 0 saturated heterocycles. The number of amides is 1. The van der Waals surface area contributed by atoms with Gasteiger partial charge in [0.2, 0.25) is 15.9 Å². The van der Waals surface area contributed by atoms with E-state index in [2.05, 4.69) is 19.2 Å². The maximum Gasteiger partial charge on any atom is 0.244 e. The molecule has 0 unspecified atom stereocenters. The van der Waals surface area contributed by atoms with Crippen molar-refractivity contribution >= 4 is 21.6 Å². The van der Waals surface area contributed by atoms with E-state index in [1.807, 2.05) is 44.2 Å². The third-order valence-corrected chi connectivity index (χ3v) is 6.31. The van der Waals surface area contributed by atoms with E-state index in [-0.39, 0.29) is 11.9 Å². The Labute approximate surface area is 186 Å². The van der Waals surface area contributed by atoms with Gasteiger partial charge in [-0.05, 0) is 61.1 Å². The van der Waals surface area contributed by atoms with E-state index < -0.39 is 16.1 Å². The monoisotopic (exact) mass is 446 g/mol. The predicted octanol–water partition coefficient (Wildman–Crippen LogP) is 4.45. The molecule has 2 atom stereocenters. The minimum atomic E-state index is -3.67. The Morgan fingerprint density at radius 1 is 1.13 bits per heavy atom. The molecule has 0 aromatic heterocycles. The van der Waals surface area contributed by atoms with Crippen molar-refractivity contribution in [3.05, 3.63) is 59.7 Å². The van der Waals surface area contributed by atoms with Gasteiger partial charge in [-0.1, -0.05) is 45.0 Å². The molecule has 6 nitrogen and oxygen atoms in total. The smallest absolute Gasteiger partial charge is 0.244 e. The van der Waals surface area contributed by atoms with Crippen LogP contribution >= 0.6 is 0 Å². The minimum absolute atomic E-state index is 0.230. The van der Waals surface area contributed by atoms with Crippen molar-refractivity contribution in [2.24, 2.45) is 5.92 Å². The Kier molecular flexibility index (Phi) is 8.51. The molecule has 0 spiro atoms. The molecule has 0 aliphatic carbocycles. The second-order valence-electron chi connectivity index (χ2n) is 8.29. The van der Waals surface area contributed by atoms with E-state index in [1.165, 1.54) is 4.31 Å². The van der Waals surface area contributed by atoms with E-state index in [4.69, 9.17) is 4.74 Å². The summed E-state index contributed by atoms with van der Waals surface area (Å²) in [7, 11) is -2.06.